The van der Waals surface area contributed by atoms with Crippen LogP contribution in [0.2, 0.25) is 0 Å². The lowest BCUT2D eigenvalue weighted by Gasteiger charge is -2.32. The zero-order valence-electron chi connectivity index (χ0n) is 19.6. The third-order valence-electron chi connectivity index (χ3n) is 6.22. The maximum atomic E-state index is 13.5. The molecule has 7 heteroatoms. The zero-order valence-corrected chi connectivity index (χ0v) is 19.6. The fourth-order valence-electron chi connectivity index (χ4n) is 4.40. The Bertz CT molecular complexity index is 1320. The first kappa shape index (κ1) is 23.2. The van der Waals surface area contributed by atoms with Crippen LogP contribution in [-0.2, 0) is 11.2 Å². The molecule has 7 nitrogen and oxygen atoms in total. The molecule has 174 valence electrons. The van der Waals surface area contributed by atoms with Crippen molar-refractivity contribution in [3.05, 3.63) is 81.3 Å². The van der Waals surface area contributed by atoms with E-state index in [4.69, 9.17) is 4.98 Å². The normalized spacial score (nSPS) is 16.3. The van der Waals surface area contributed by atoms with Gasteiger partial charge < -0.3 is 10.2 Å². The number of nitrogens with one attached hydrogen (secondary N) is 1. The Balaban J connectivity index is 1.70. The number of benzene rings is 1. The minimum atomic E-state index is -0.495. The largest absolute Gasteiger partial charge is 0.356 e. The van der Waals surface area contributed by atoms with E-state index < -0.39 is 5.91 Å². The second kappa shape index (κ2) is 10.3. The number of hydrogen-bond acceptors (Lipinski definition) is 5. The molecule has 1 atom stereocenters. The third kappa shape index (κ3) is 5.01. The lowest BCUT2D eigenvalue weighted by Crippen LogP contribution is -2.37. The number of fused-ring (bicyclic) bond motifs is 1. The van der Waals surface area contributed by atoms with Crippen LogP contribution in [0.1, 0.15) is 36.5 Å². The van der Waals surface area contributed by atoms with Gasteiger partial charge in [0.25, 0.3) is 11.5 Å². The highest BCUT2D eigenvalue weighted by atomic mass is 16.1. The van der Waals surface area contributed by atoms with Crippen molar-refractivity contribution >= 4 is 23.4 Å². The van der Waals surface area contributed by atoms with E-state index in [0.29, 0.717) is 30.3 Å². The summed E-state index contributed by atoms with van der Waals surface area (Å²) >= 11 is 0. The van der Waals surface area contributed by atoms with Crippen molar-refractivity contribution in [2.24, 2.45) is 5.92 Å². The number of piperidine rings is 1. The molecule has 1 aromatic carbocycles. The summed E-state index contributed by atoms with van der Waals surface area (Å²) < 4.78 is 1.49. The summed E-state index contributed by atoms with van der Waals surface area (Å²) in [6, 6.07) is 15.5. The lowest BCUT2D eigenvalue weighted by atomic mass is 10.00. The van der Waals surface area contributed by atoms with E-state index in [-0.39, 0.29) is 16.7 Å². The molecule has 3 aromatic rings. The number of anilines is 1. The summed E-state index contributed by atoms with van der Waals surface area (Å²) in [4.78, 5) is 33.3. The van der Waals surface area contributed by atoms with Crippen molar-refractivity contribution in [1.82, 2.24) is 14.7 Å². The molecule has 3 heterocycles. The number of carbonyl (C=O) groups is 1. The minimum Gasteiger partial charge on any atom is -0.356 e. The fourth-order valence-corrected chi connectivity index (χ4v) is 4.40. The molecule has 1 amide bonds. The molecule has 1 aliphatic rings. The van der Waals surface area contributed by atoms with Gasteiger partial charge in [-0.25, -0.2) is 4.98 Å². The maximum Gasteiger partial charge on any atom is 0.267 e. The first-order valence-electron chi connectivity index (χ1n) is 11.7. The molecule has 0 bridgehead atoms. The van der Waals surface area contributed by atoms with Gasteiger partial charge in [-0.1, -0.05) is 43.3 Å². The molecule has 1 saturated heterocycles. The monoisotopic (exact) mass is 455 g/mol. The first-order chi connectivity index (χ1) is 16.5. The van der Waals surface area contributed by atoms with Crippen LogP contribution in [0.3, 0.4) is 0 Å². The summed E-state index contributed by atoms with van der Waals surface area (Å²) in [6.45, 7) is 6.06. The number of aromatic nitrogens is 2. The molecule has 0 aliphatic carbocycles. The van der Waals surface area contributed by atoms with E-state index in [0.717, 1.165) is 37.1 Å². The van der Waals surface area contributed by atoms with Gasteiger partial charge in [-0.05, 0) is 55.4 Å². The van der Waals surface area contributed by atoms with Crippen LogP contribution in [0, 0.1) is 24.2 Å². The van der Waals surface area contributed by atoms with Crippen molar-refractivity contribution in [1.29, 1.82) is 5.26 Å². The second-order valence-electron chi connectivity index (χ2n) is 8.89. The van der Waals surface area contributed by atoms with Crippen LogP contribution in [0.5, 0.6) is 0 Å². The van der Waals surface area contributed by atoms with Crippen molar-refractivity contribution in [2.75, 3.05) is 24.5 Å². The van der Waals surface area contributed by atoms with Crippen LogP contribution in [0.25, 0.3) is 11.7 Å². The van der Waals surface area contributed by atoms with Crippen molar-refractivity contribution in [2.45, 2.75) is 33.1 Å². The Labute approximate surface area is 199 Å². The van der Waals surface area contributed by atoms with Crippen LogP contribution < -0.4 is 15.8 Å². The number of carbonyl (C=O) groups excluding carboxylic acids is 1. The topological polar surface area (TPSA) is 90.5 Å². The molecule has 1 N–H and O–H groups in total. The molecule has 1 unspecified atom stereocenters. The van der Waals surface area contributed by atoms with Crippen molar-refractivity contribution in [3.8, 4) is 6.07 Å². The Morgan fingerprint density at radius 3 is 2.79 bits per heavy atom. The summed E-state index contributed by atoms with van der Waals surface area (Å²) in [6.07, 6.45) is 5.85. The van der Waals surface area contributed by atoms with Gasteiger partial charge in [-0.15, -0.1) is 0 Å². The van der Waals surface area contributed by atoms with Crippen LogP contribution in [0.15, 0.2) is 59.0 Å². The van der Waals surface area contributed by atoms with Crippen LogP contribution in [-0.4, -0.2) is 34.9 Å². The third-order valence-corrected chi connectivity index (χ3v) is 6.22. The molecule has 0 saturated carbocycles. The molecule has 1 aliphatic heterocycles. The summed E-state index contributed by atoms with van der Waals surface area (Å²) in [5.74, 6) is 0.514. The quantitative estimate of drug-likeness (QED) is 0.454. The summed E-state index contributed by atoms with van der Waals surface area (Å²) in [5, 5.41) is 12.5. The van der Waals surface area contributed by atoms with E-state index in [2.05, 4.69) is 17.1 Å². The van der Waals surface area contributed by atoms with Gasteiger partial charge in [-0.2, -0.15) is 5.26 Å². The predicted molar refractivity (Wildman–Crippen MR) is 134 cm³/mol. The smallest absolute Gasteiger partial charge is 0.267 e. The van der Waals surface area contributed by atoms with E-state index >= 15 is 0 Å². The first-order valence-corrected chi connectivity index (χ1v) is 11.7. The Morgan fingerprint density at radius 1 is 1.26 bits per heavy atom. The van der Waals surface area contributed by atoms with Gasteiger partial charge >= 0.3 is 0 Å². The predicted octanol–water partition coefficient (Wildman–Crippen LogP) is 3.51. The zero-order chi connectivity index (χ0) is 24.1. The fraction of sp³-hybridized carbons (Fsp3) is 0.333. The van der Waals surface area contributed by atoms with Crippen LogP contribution >= 0.6 is 0 Å². The van der Waals surface area contributed by atoms with Crippen LogP contribution in [0.4, 0.5) is 5.82 Å². The average molecular weight is 456 g/mol. The van der Waals surface area contributed by atoms with Gasteiger partial charge in [0.2, 0.25) is 0 Å². The Morgan fingerprint density at radius 2 is 2.06 bits per heavy atom. The van der Waals surface area contributed by atoms with E-state index in [1.807, 2.05) is 49.4 Å². The van der Waals surface area contributed by atoms with Crippen molar-refractivity contribution < 1.29 is 4.79 Å². The highest BCUT2D eigenvalue weighted by molar-refractivity contribution is 6.02. The van der Waals surface area contributed by atoms with E-state index in [9.17, 15) is 14.9 Å². The number of rotatable bonds is 6. The van der Waals surface area contributed by atoms with Gasteiger partial charge in [0.05, 0.1) is 5.56 Å². The number of hydrogen-bond donors (Lipinski definition) is 1. The summed E-state index contributed by atoms with van der Waals surface area (Å²) in [7, 11) is 0. The van der Waals surface area contributed by atoms with Gasteiger partial charge in [0.15, 0.2) is 0 Å². The number of amides is 1. The number of pyridine rings is 1. The maximum absolute atomic E-state index is 13.5. The average Bonchev–Trinajstić information content (AvgIpc) is 2.84. The second-order valence-corrected chi connectivity index (χ2v) is 8.89. The van der Waals surface area contributed by atoms with Gasteiger partial charge in [-0.3, -0.25) is 14.0 Å². The minimum absolute atomic E-state index is 0.106. The lowest BCUT2D eigenvalue weighted by molar-refractivity contribution is -0.117. The number of nitrogens with zero attached hydrogens (tertiary/aromatic N) is 4. The molecule has 4 rings (SSSR count). The highest BCUT2D eigenvalue weighted by Crippen LogP contribution is 2.25. The highest BCUT2D eigenvalue weighted by Gasteiger charge is 2.24. The molecule has 34 heavy (non-hydrogen) atoms. The SMILES string of the molecule is Cc1cccn2c(=O)c(C=C(C#N)C(=O)NCCc3ccccc3)c(N3CCCC(C)C3)nc12. The van der Waals surface area contributed by atoms with E-state index in [1.54, 1.807) is 12.3 Å². The molecule has 0 radical (unpaired) electrons. The molecular formula is C27H29N5O2. The molecule has 0 spiro atoms. The molecule has 2 aromatic heterocycles. The van der Waals surface area contributed by atoms with Gasteiger partial charge in [0.1, 0.15) is 23.1 Å². The Hall–Kier alpha value is -3.92. The summed E-state index contributed by atoms with van der Waals surface area (Å²) in [5.41, 5.74) is 2.45. The van der Waals surface area contributed by atoms with Gasteiger partial charge in [0, 0.05) is 25.8 Å². The standard InChI is InChI=1S/C27H29N5O2/c1-19-8-6-14-31(18-19)25-23(27(34)32-15-7-9-20(2)24(32)30-25)16-22(17-28)26(33)29-13-12-21-10-4-3-5-11-21/h3-5,7,9-11,15-16,19H,6,8,12-14,18H2,1-2H3,(H,29,33). The number of nitriles is 1. The Kier molecular flexibility index (Phi) is 7.07. The van der Waals surface area contributed by atoms with Crippen molar-refractivity contribution in [3.63, 3.8) is 0 Å². The molecule has 1 fully saturated rings. The van der Waals surface area contributed by atoms with E-state index in [1.165, 1.54) is 10.5 Å². The number of aryl methyl sites for hydroxylation is 1. The molecular weight excluding hydrogens is 426 g/mol.